The maximum Gasteiger partial charge on any atom is 0.153 e. The fraction of sp³-hybridized carbons (Fsp3) is 0.200. The molecule has 0 amide bonds. The van der Waals surface area contributed by atoms with E-state index in [9.17, 15) is 4.79 Å². The highest BCUT2D eigenvalue weighted by molar-refractivity contribution is 5.99. The van der Waals surface area contributed by atoms with Crippen LogP contribution in [0.1, 0.15) is 10.4 Å². The summed E-state index contributed by atoms with van der Waals surface area (Å²) in [7, 11) is 3.91. The van der Waals surface area contributed by atoms with Gasteiger partial charge in [-0.25, -0.2) is 0 Å². The molecule has 0 radical (unpaired) electrons. The lowest BCUT2D eigenvalue weighted by Crippen LogP contribution is -2.09. The molecule has 2 heterocycles. The SMILES string of the molecule is CN(C)c1ccnc2c(C=O)c[nH]c12. The van der Waals surface area contributed by atoms with Crippen LogP contribution in [0.2, 0.25) is 0 Å². The zero-order chi connectivity index (χ0) is 10.1. The third kappa shape index (κ3) is 1.16. The predicted octanol–water partition coefficient (Wildman–Crippen LogP) is 1.44. The minimum atomic E-state index is 0.601. The average Bonchev–Trinajstić information content (AvgIpc) is 2.59. The standard InChI is InChI=1S/C10H11N3O/c1-13(2)8-3-4-11-9-7(6-14)5-12-10(8)9/h3-6,12H,1-2H3. The Hall–Kier alpha value is -1.84. The van der Waals surface area contributed by atoms with E-state index in [-0.39, 0.29) is 0 Å². The molecule has 4 heteroatoms. The molecule has 0 spiro atoms. The van der Waals surface area contributed by atoms with Crippen LogP contribution in [-0.2, 0) is 0 Å². The molecular weight excluding hydrogens is 178 g/mol. The van der Waals surface area contributed by atoms with Crippen LogP contribution in [0.15, 0.2) is 18.5 Å². The summed E-state index contributed by atoms with van der Waals surface area (Å²) in [5.41, 5.74) is 3.26. The summed E-state index contributed by atoms with van der Waals surface area (Å²) in [5.74, 6) is 0. The number of pyridine rings is 1. The first-order valence-corrected chi connectivity index (χ1v) is 4.32. The van der Waals surface area contributed by atoms with Gasteiger partial charge in [0.1, 0.15) is 5.52 Å². The molecule has 2 aromatic heterocycles. The van der Waals surface area contributed by atoms with Crippen molar-refractivity contribution in [2.24, 2.45) is 0 Å². The molecule has 1 N–H and O–H groups in total. The van der Waals surface area contributed by atoms with Crippen LogP contribution in [-0.4, -0.2) is 30.3 Å². The van der Waals surface area contributed by atoms with E-state index in [1.165, 1.54) is 0 Å². The number of H-pyrrole nitrogens is 1. The second-order valence-electron chi connectivity index (χ2n) is 3.31. The van der Waals surface area contributed by atoms with Crippen molar-refractivity contribution >= 4 is 23.0 Å². The normalized spacial score (nSPS) is 10.4. The molecule has 0 aliphatic carbocycles. The molecule has 0 saturated heterocycles. The van der Waals surface area contributed by atoms with E-state index in [2.05, 4.69) is 9.97 Å². The molecule has 0 bridgehead atoms. The number of aldehydes is 1. The number of hydrogen-bond donors (Lipinski definition) is 1. The van der Waals surface area contributed by atoms with Gasteiger partial charge in [0.2, 0.25) is 0 Å². The van der Waals surface area contributed by atoms with Crippen LogP contribution in [0, 0.1) is 0 Å². The van der Waals surface area contributed by atoms with Crippen LogP contribution in [0.5, 0.6) is 0 Å². The molecule has 2 aromatic rings. The second-order valence-corrected chi connectivity index (χ2v) is 3.31. The zero-order valence-electron chi connectivity index (χ0n) is 8.11. The molecule has 2 rings (SSSR count). The van der Waals surface area contributed by atoms with Crippen LogP contribution in [0.3, 0.4) is 0 Å². The average molecular weight is 189 g/mol. The number of nitrogens with one attached hydrogen (secondary N) is 1. The molecule has 14 heavy (non-hydrogen) atoms. The van der Waals surface area contributed by atoms with Gasteiger partial charge in [0.25, 0.3) is 0 Å². The summed E-state index contributed by atoms with van der Waals surface area (Å²) in [6.45, 7) is 0. The van der Waals surface area contributed by atoms with Gasteiger partial charge in [-0.2, -0.15) is 0 Å². The molecule has 4 nitrogen and oxygen atoms in total. The highest BCUT2D eigenvalue weighted by Gasteiger charge is 2.08. The Morgan fingerprint density at radius 2 is 2.29 bits per heavy atom. The highest BCUT2D eigenvalue weighted by Crippen LogP contribution is 2.23. The summed E-state index contributed by atoms with van der Waals surface area (Å²) >= 11 is 0. The number of fused-ring (bicyclic) bond motifs is 1. The van der Waals surface area contributed by atoms with Gasteiger partial charge < -0.3 is 9.88 Å². The molecule has 0 atom stereocenters. The monoisotopic (exact) mass is 189 g/mol. The number of carbonyl (C=O) groups excluding carboxylic acids is 1. The second kappa shape index (κ2) is 3.14. The molecule has 0 fully saturated rings. The molecule has 0 unspecified atom stereocenters. The van der Waals surface area contributed by atoms with Crippen LogP contribution < -0.4 is 4.90 Å². The number of anilines is 1. The third-order valence-electron chi connectivity index (χ3n) is 2.18. The number of aromatic amines is 1. The topological polar surface area (TPSA) is 49.0 Å². The van der Waals surface area contributed by atoms with Gasteiger partial charge in [0, 0.05) is 26.5 Å². The minimum absolute atomic E-state index is 0.601. The van der Waals surface area contributed by atoms with E-state index in [0.29, 0.717) is 5.56 Å². The Balaban J connectivity index is 2.76. The van der Waals surface area contributed by atoms with Gasteiger partial charge in [-0.3, -0.25) is 9.78 Å². The number of nitrogens with zero attached hydrogens (tertiary/aromatic N) is 2. The van der Waals surface area contributed by atoms with Gasteiger partial charge in [0.05, 0.1) is 16.8 Å². The first-order chi connectivity index (χ1) is 6.74. The van der Waals surface area contributed by atoms with Crippen molar-refractivity contribution in [3.63, 3.8) is 0 Å². The maximum atomic E-state index is 10.7. The van der Waals surface area contributed by atoms with E-state index in [0.717, 1.165) is 23.0 Å². The fourth-order valence-corrected chi connectivity index (χ4v) is 1.49. The summed E-state index contributed by atoms with van der Waals surface area (Å²) in [5, 5.41) is 0. The van der Waals surface area contributed by atoms with Crippen molar-refractivity contribution in [3.8, 4) is 0 Å². The third-order valence-corrected chi connectivity index (χ3v) is 2.18. The van der Waals surface area contributed by atoms with Gasteiger partial charge in [-0.05, 0) is 6.07 Å². The van der Waals surface area contributed by atoms with Crippen LogP contribution >= 0.6 is 0 Å². The summed E-state index contributed by atoms with van der Waals surface area (Å²) < 4.78 is 0. The smallest absolute Gasteiger partial charge is 0.153 e. The Morgan fingerprint density at radius 1 is 1.50 bits per heavy atom. The number of aromatic nitrogens is 2. The van der Waals surface area contributed by atoms with Gasteiger partial charge >= 0.3 is 0 Å². The van der Waals surface area contributed by atoms with E-state index in [4.69, 9.17) is 0 Å². The maximum absolute atomic E-state index is 10.7. The number of hydrogen-bond acceptors (Lipinski definition) is 3. The Bertz CT molecular complexity index is 473. The van der Waals surface area contributed by atoms with E-state index >= 15 is 0 Å². The largest absolute Gasteiger partial charge is 0.376 e. The lowest BCUT2D eigenvalue weighted by Gasteiger charge is -2.12. The minimum Gasteiger partial charge on any atom is -0.376 e. The molecule has 0 saturated carbocycles. The van der Waals surface area contributed by atoms with Crippen molar-refractivity contribution in [1.82, 2.24) is 9.97 Å². The Labute approximate surface area is 81.6 Å². The zero-order valence-corrected chi connectivity index (χ0v) is 8.11. The molecular formula is C10H11N3O. The quantitative estimate of drug-likeness (QED) is 0.727. The van der Waals surface area contributed by atoms with Crippen molar-refractivity contribution < 1.29 is 4.79 Å². The number of rotatable bonds is 2. The summed E-state index contributed by atoms with van der Waals surface area (Å²) in [6, 6.07) is 1.91. The predicted molar refractivity (Wildman–Crippen MR) is 55.8 cm³/mol. The molecule has 0 aromatic carbocycles. The molecule has 0 aliphatic heterocycles. The van der Waals surface area contributed by atoms with Gasteiger partial charge in [-0.15, -0.1) is 0 Å². The molecule has 72 valence electrons. The van der Waals surface area contributed by atoms with Crippen molar-refractivity contribution in [2.45, 2.75) is 0 Å². The lowest BCUT2D eigenvalue weighted by molar-refractivity contribution is 0.112. The summed E-state index contributed by atoms with van der Waals surface area (Å²) in [4.78, 5) is 19.9. The summed E-state index contributed by atoms with van der Waals surface area (Å²) in [6.07, 6.45) is 4.20. The van der Waals surface area contributed by atoms with E-state index in [1.54, 1.807) is 12.4 Å². The first-order valence-electron chi connectivity index (χ1n) is 4.32. The van der Waals surface area contributed by atoms with Gasteiger partial charge in [0.15, 0.2) is 6.29 Å². The van der Waals surface area contributed by atoms with Crippen molar-refractivity contribution in [1.29, 1.82) is 0 Å². The Morgan fingerprint density at radius 3 is 2.93 bits per heavy atom. The van der Waals surface area contributed by atoms with Crippen LogP contribution in [0.4, 0.5) is 5.69 Å². The highest BCUT2D eigenvalue weighted by atomic mass is 16.1. The van der Waals surface area contributed by atoms with Crippen molar-refractivity contribution in [2.75, 3.05) is 19.0 Å². The fourth-order valence-electron chi connectivity index (χ4n) is 1.49. The van der Waals surface area contributed by atoms with Crippen LogP contribution in [0.25, 0.3) is 11.0 Å². The Kier molecular flexibility index (Phi) is 1.96. The van der Waals surface area contributed by atoms with Crippen molar-refractivity contribution in [3.05, 3.63) is 24.0 Å². The molecule has 0 aliphatic rings. The van der Waals surface area contributed by atoms with E-state index < -0.39 is 0 Å². The lowest BCUT2D eigenvalue weighted by atomic mass is 10.2. The van der Waals surface area contributed by atoms with E-state index in [1.807, 2.05) is 25.1 Å². The van der Waals surface area contributed by atoms with Gasteiger partial charge in [-0.1, -0.05) is 0 Å². The number of carbonyl (C=O) groups is 1. The first kappa shape index (κ1) is 8.74.